The monoisotopic (exact) mass is 383 g/mol. The largest absolute Gasteiger partial charge is 0.352 e. The minimum atomic E-state index is 0. The van der Waals surface area contributed by atoms with E-state index in [9.17, 15) is 9.59 Å². The van der Waals surface area contributed by atoms with Gasteiger partial charge in [0, 0.05) is 51.6 Å². The van der Waals surface area contributed by atoms with Crippen molar-refractivity contribution in [2.24, 2.45) is 11.8 Å². The maximum atomic E-state index is 12.4. The van der Waals surface area contributed by atoms with Crippen molar-refractivity contribution in [1.82, 2.24) is 15.1 Å². The zero-order chi connectivity index (χ0) is 17.8. The fraction of sp³-hybridized carbons (Fsp3) is 0.800. The highest BCUT2D eigenvalue weighted by Crippen LogP contribution is 2.41. The van der Waals surface area contributed by atoms with Crippen molar-refractivity contribution in [3.8, 4) is 0 Å². The van der Waals surface area contributed by atoms with Crippen LogP contribution in [0.15, 0.2) is 11.6 Å². The van der Waals surface area contributed by atoms with E-state index in [1.165, 1.54) is 18.4 Å². The number of nitrogens with zero attached hydrogens (tertiary/aromatic N) is 2. The first kappa shape index (κ1) is 21.2. The van der Waals surface area contributed by atoms with Crippen molar-refractivity contribution in [1.29, 1.82) is 0 Å². The number of hydrogen-bond donors (Lipinski definition) is 1. The Bertz CT molecular complexity index is 533. The van der Waals surface area contributed by atoms with Gasteiger partial charge in [0.25, 0.3) is 0 Å². The third kappa shape index (κ3) is 5.71. The average molecular weight is 384 g/mol. The van der Waals surface area contributed by atoms with Crippen molar-refractivity contribution in [3.63, 3.8) is 0 Å². The van der Waals surface area contributed by atoms with Gasteiger partial charge in [-0.05, 0) is 51.4 Å². The van der Waals surface area contributed by atoms with Crippen molar-refractivity contribution >= 4 is 24.2 Å². The molecule has 5 nitrogen and oxygen atoms in total. The van der Waals surface area contributed by atoms with Crippen LogP contribution in [0.3, 0.4) is 0 Å². The highest BCUT2D eigenvalue weighted by molar-refractivity contribution is 5.85. The van der Waals surface area contributed by atoms with Gasteiger partial charge >= 0.3 is 0 Å². The molecule has 3 fully saturated rings. The Morgan fingerprint density at radius 2 is 2.04 bits per heavy atom. The minimum absolute atomic E-state index is 0. The van der Waals surface area contributed by atoms with Gasteiger partial charge in [-0.15, -0.1) is 12.4 Å². The summed E-state index contributed by atoms with van der Waals surface area (Å²) in [6.07, 6.45) is 7.95. The lowest BCUT2D eigenvalue weighted by Gasteiger charge is -2.27. The number of carbonyl (C=O) groups is 2. The summed E-state index contributed by atoms with van der Waals surface area (Å²) in [5, 5.41) is 3.29. The molecule has 1 aliphatic carbocycles. The first-order valence-electron chi connectivity index (χ1n) is 9.98. The van der Waals surface area contributed by atoms with Gasteiger partial charge in [0.15, 0.2) is 0 Å². The molecule has 148 valence electrons. The predicted molar refractivity (Wildman–Crippen MR) is 106 cm³/mol. The van der Waals surface area contributed by atoms with Crippen molar-refractivity contribution in [2.75, 3.05) is 32.7 Å². The maximum Gasteiger partial charge on any atom is 0.222 e. The molecule has 0 bridgehead atoms. The lowest BCUT2D eigenvalue weighted by molar-refractivity contribution is -0.133. The number of nitrogens with one attached hydrogen (secondary N) is 1. The smallest absolute Gasteiger partial charge is 0.222 e. The summed E-state index contributed by atoms with van der Waals surface area (Å²) in [6.45, 7) is 8.72. The molecule has 0 unspecified atom stereocenters. The van der Waals surface area contributed by atoms with E-state index in [0.717, 1.165) is 44.9 Å². The fourth-order valence-electron chi connectivity index (χ4n) is 4.25. The quantitative estimate of drug-likeness (QED) is 0.687. The number of piperidine rings is 1. The van der Waals surface area contributed by atoms with E-state index < -0.39 is 0 Å². The van der Waals surface area contributed by atoms with Gasteiger partial charge in [-0.1, -0.05) is 11.6 Å². The summed E-state index contributed by atoms with van der Waals surface area (Å²) >= 11 is 0. The van der Waals surface area contributed by atoms with E-state index in [4.69, 9.17) is 0 Å². The summed E-state index contributed by atoms with van der Waals surface area (Å²) < 4.78 is 0. The van der Waals surface area contributed by atoms with Crippen LogP contribution in [0.1, 0.15) is 52.4 Å². The van der Waals surface area contributed by atoms with Gasteiger partial charge in [0.2, 0.25) is 11.8 Å². The molecule has 0 spiro atoms. The summed E-state index contributed by atoms with van der Waals surface area (Å²) in [4.78, 5) is 28.6. The summed E-state index contributed by atoms with van der Waals surface area (Å²) in [5.74, 6) is 1.72. The third-order valence-electron chi connectivity index (χ3n) is 6.01. The van der Waals surface area contributed by atoms with E-state index in [0.29, 0.717) is 25.3 Å². The fourth-order valence-corrected chi connectivity index (χ4v) is 4.25. The molecule has 0 aromatic heterocycles. The topological polar surface area (TPSA) is 52.7 Å². The number of amides is 2. The Morgan fingerprint density at radius 1 is 1.27 bits per heavy atom. The molecule has 0 aromatic carbocycles. The molecule has 26 heavy (non-hydrogen) atoms. The molecule has 0 aromatic rings. The predicted octanol–water partition coefficient (Wildman–Crippen LogP) is 2.60. The number of rotatable bonds is 7. The van der Waals surface area contributed by atoms with E-state index in [2.05, 4.69) is 30.1 Å². The first-order valence-corrected chi connectivity index (χ1v) is 9.98. The molecule has 6 heteroatoms. The molecule has 3 aliphatic rings. The molecule has 2 atom stereocenters. The molecule has 1 N–H and O–H groups in total. The normalized spacial score (nSPS) is 27.4. The highest BCUT2D eigenvalue weighted by atomic mass is 35.5. The number of halogens is 1. The Labute approximate surface area is 164 Å². The molecule has 3 rings (SSSR count). The highest BCUT2D eigenvalue weighted by Gasteiger charge is 2.42. The van der Waals surface area contributed by atoms with E-state index >= 15 is 0 Å². The SMILES string of the molecule is CC=C(C)CN1C[C@H](NC(=O)CCN2CCCCC2=O)[C@@H](C2CC2)C1.Cl. The number of carbonyl (C=O) groups excluding carboxylic acids is 2. The Kier molecular flexibility index (Phi) is 7.96. The molecular formula is C20H34ClN3O2. The van der Waals surface area contributed by atoms with E-state index in [1.54, 1.807) is 0 Å². The van der Waals surface area contributed by atoms with Crippen LogP contribution < -0.4 is 5.32 Å². The van der Waals surface area contributed by atoms with Gasteiger partial charge in [-0.3, -0.25) is 14.5 Å². The number of hydrogen-bond acceptors (Lipinski definition) is 3. The summed E-state index contributed by atoms with van der Waals surface area (Å²) in [7, 11) is 0. The van der Waals surface area contributed by atoms with Gasteiger partial charge in [-0.25, -0.2) is 0 Å². The van der Waals surface area contributed by atoms with Crippen LogP contribution in [0.5, 0.6) is 0 Å². The van der Waals surface area contributed by atoms with Crippen molar-refractivity contribution in [2.45, 2.75) is 58.4 Å². The summed E-state index contributed by atoms with van der Waals surface area (Å²) in [6, 6.07) is 0.279. The van der Waals surface area contributed by atoms with Crippen LogP contribution in [0, 0.1) is 11.8 Å². The second kappa shape index (κ2) is 9.75. The Hall–Kier alpha value is -1.07. The lowest BCUT2D eigenvalue weighted by Crippen LogP contribution is -2.43. The second-order valence-corrected chi connectivity index (χ2v) is 8.09. The van der Waals surface area contributed by atoms with Crippen molar-refractivity contribution < 1.29 is 9.59 Å². The molecule has 2 amide bonds. The molecule has 2 aliphatic heterocycles. The van der Waals surface area contributed by atoms with Crippen LogP contribution in [0.2, 0.25) is 0 Å². The van der Waals surface area contributed by atoms with E-state index in [-0.39, 0.29) is 30.3 Å². The van der Waals surface area contributed by atoms with Crippen LogP contribution in [0.25, 0.3) is 0 Å². The maximum absolute atomic E-state index is 12.4. The average Bonchev–Trinajstić information content (AvgIpc) is 3.37. The summed E-state index contributed by atoms with van der Waals surface area (Å²) in [5.41, 5.74) is 1.39. The van der Waals surface area contributed by atoms with Gasteiger partial charge < -0.3 is 10.2 Å². The zero-order valence-corrected chi connectivity index (χ0v) is 17.0. The van der Waals surface area contributed by atoms with Crippen LogP contribution in [0.4, 0.5) is 0 Å². The Morgan fingerprint density at radius 3 is 2.69 bits per heavy atom. The van der Waals surface area contributed by atoms with Crippen LogP contribution in [-0.4, -0.2) is 60.4 Å². The van der Waals surface area contributed by atoms with Gasteiger partial charge in [0.05, 0.1) is 0 Å². The molecule has 1 saturated carbocycles. The molecular weight excluding hydrogens is 350 g/mol. The molecule has 0 radical (unpaired) electrons. The first-order chi connectivity index (χ1) is 12.1. The molecule has 2 heterocycles. The van der Waals surface area contributed by atoms with Gasteiger partial charge in [0.1, 0.15) is 0 Å². The third-order valence-corrected chi connectivity index (χ3v) is 6.01. The van der Waals surface area contributed by atoms with Gasteiger partial charge in [-0.2, -0.15) is 0 Å². The number of allylic oxidation sites excluding steroid dienone is 1. The zero-order valence-electron chi connectivity index (χ0n) is 16.2. The van der Waals surface area contributed by atoms with Crippen LogP contribution >= 0.6 is 12.4 Å². The lowest BCUT2D eigenvalue weighted by atomic mass is 9.98. The second-order valence-electron chi connectivity index (χ2n) is 8.09. The molecule has 2 saturated heterocycles. The standard InChI is InChI=1S/C20H33N3O2.ClH/c1-3-15(2)12-22-13-17(16-7-8-16)18(14-22)21-19(24)9-11-23-10-5-4-6-20(23)25;/h3,16-18H,4-14H2,1-2H3,(H,21,24);1H/t17-,18+;/m1./s1. The van der Waals surface area contributed by atoms with Crippen molar-refractivity contribution in [3.05, 3.63) is 11.6 Å². The van der Waals surface area contributed by atoms with E-state index in [1.807, 2.05) is 4.90 Å². The Balaban J connectivity index is 0.00000243. The van der Waals surface area contributed by atoms with Crippen LogP contribution in [-0.2, 0) is 9.59 Å². The number of likely N-dealkylation sites (tertiary alicyclic amines) is 2. The minimum Gasteiger partial charge on any atom is -0.352 e.